The second kappa shape index (κ2) is 21.0. The molecule has 0 bridgehead atoms. The maximum atomic E-state index is 10.6. The van der Waals surface area contributed by atoms with Gasteiger partial charge >= 0.3 is 0 Å². The van der Waals surface area contributed by atoms with E-state index in [0.717, 1.165) is 44.9 Å². The summed E-state index contributed by atoms with van der Waals surface area (Å²) >= 11 is 3.55. The number of nitrogens with zero attached hydrogens (tertiary/aromatic N) is 3. The average Bonchev–Trinajstić information content (AvgIpc) is 3.00. The summed E-state index contributed by atoms with van der Waals surface area (Å²) in [6.07, 6.45) is 23.2. The third-order valence-electron chi connectivity index (χ3n) is 8.11. The van der Waals surface area contributed by atoms with Gasteiger partial charge in [-0.05, 0) is 86.4 Å². The summed E-state index contributed by atoms with van der Waals surface area (Å²) in [4.78, 5) is 2.55. The number of nitriles is 1. The molecule has 0 saturated carbocycles. The van der Waals surface area contributed by atoms with E-state index in [0.29, 0.717) is 0 Å². The number of rotatable bonds is 22. The predicted molar refractivity (Wildman–Crippen MR) is 177 cm³/mol. The highest BCUT2D eigenvalue weighted by Gasteiger charge is 2.32. The van der Waals surface area contributed by atoms with Crippen LogP contribution in [0.4, 0.5) is 0 Å². The van der Waals surface area contributed by atoms with Gasteiger partial charge in [-0.1, -0.05) is 95.4 Å². The molecule has 2 rings (SSSR count). The molecule has 40 heavy (non-hydrogen) atoms. The van der Waals surface area contributed by atoms with Crippen LogP contribution in [0.25, 0.3) is 0 Å². The zero-order chi connectivity index (χ0) is 28.9. The van der Waals surface area contributed by atoms with Gasteiger partial charge in [0.1, 0.15) is 0 Å². The second-order valence-electron chi connectivity index (χ2n) is 11.1. The first-order valence-corrected chi connectivity index (χ1v) is 18.0. The maximum absolute atomic E-state index is 10.6. The summed E-state index contributed by atoms with van der Waals surface area (Å²) in [5.74, 6) is 0. The van der Waals surface area contributed by atoms with Crippen molar-refractivity contribution in [2.45, 2.75) is 131 Å². The Kier molecular flexibility index (Phi) is 18.1. The Labute approximate surface area is 254 Å². The molecule has 0 aromatic heterocycles. The Morgan fingerprint density at radius 2 is 1.38 bits per heavy atom. The molecule has 0 N–H and O–H groups in total. The van der Waals surface area contributed by atoms with Crippen molar-refractivity contribution in [1.29, 1.82) is 5.26 Å². The van der Waals surface area contributed by atoms with Crippen LogP contribution in [0.1, 0.15) is 114 Å². The van der Waals surface area contributed by atoms with Crippen molar-refractivity contribution in [3.05, 3.63) is 59.7 Å². The first-order chi connectivity index (χ1) is 19.6. The quantitative estimate of drug-likeness (QED) is 0.0791. The molecule has 2 unspecified atom stereocenters. The van der Waals surface area contributed by atoms with E-state index in [1.165, 1.54) is 78.7 Å². The minimum Gasteiger partial charge on any atom is -0.197 e. The fourth-order valence-electron chi connectivity index (χ4n) is 5.65. The molecule has 0 aliphatic rings. The van der Waals surface area contributed by atoms with Crippen molar-refractivity contribution in [3.63, 3.8) is 0 Å². The van der Waals surface area contributed by atoms with Gasteiger partial charge in [0.15, 0.2) is 0 Å². The normalized spacial score (nSPS) is 13.8. The summed E-state index contributed by atoms with van der Waals surface area (Å²) in [5, 5.41) is 19.4. The monoisotopic (exact) mass is 579 g/mol. The Morgan fingerprint density at radius 1 is 0.775 bits per heavy atom. The summed E-state index contributed by atoms with van der Waals surface area (Å²) in [5.41, 5.74) is 2.14. The van der Waals surface area contributed by atoms with Crippen LogP contribution >= 0.6 is 23.5 Å². The van der Waals surface area contributed by atoms with Crippen molar-refractivity contribution in [2.75, 3.05) is 19.6 Å². The molecule has 3 nitrogen and oxygen atoms in total. The van der Waals surface area contributed by atoms with Gasteiger partial charge in [-0.25, -0.2) is 0 Å². The van der Waals surface area contributed by atoms with E-state index in [1.54, 1.807) is 30.6 Å². The minimum absolute atomic E-state index is 0.203. The lowest BCUT2D eigenvalue weighted by molar-refractivity contribution is 0.399. The number of azo groups is 1. The number of unbranched alkanes of at least 4 members (excludes halogenated alkanes) is 9. The molecule has 0 amide bonds. The van der Waals surface area contributed by atoms with Crippen molar-refractivity contribution in [2.24, 2.45) is 10.2 Å². The Balaban J connectivity index is 1.96. The summed E-state index contributed by atoms with van der Waals surface area (Å²) in [6.45, 7) is 2.28. The van der Waals surface area contributed by atoms with Gasteiger partial charge in [0.05, 0.1) is 17.5 Å². The molecule has 5 heteroatoms. The molecule has 0 heterocycles. The number of hydrogen-bond donors (Lipinski definition) is 0. The van der Waals surface area contributed by atoms with E-state index < -0.39 is 5.41 Å². The van der Waals surface area contributed by atoms with Gasteiger partial charge < -0.3 is 0 Å². The molecule has 0 aliphatic carbocycles. The summed E-state index contributed by atoms with van der Waals surface area (Å²) < 4.78 is 0. The largest absolute Gasteiger partial charge is 0.197 e. The van der Waals surface area contributed by atoms with E-state index >= 15 is 0 Å². The van der Waals surface area contributed by atoms with Crippen LogP contribution in [-0.2, 0) is 11.8 Å². The van der Waals surface area contributed by atoms with E-state index in [9.17, 15) is 5.26 Å². The number of thioether (sulfide) groups is 2. The highest BCUT2D eigenvalue weighted by atomic mass is 32.2. The third kappa shape index (κ3) is 12.8. The Bertz CT molecular complexity index is 1020. The number of aryl methyl sites for hydroxylation is 1. The van der Waals surface area contributed by atoms with Gasteiger partial charge in [0, 0.05) is 16.8 Å². The molecular formula is C35H53N3S2. The summed E-state index contributed by atoms with van der Waals surface area (Å²) in [7, 11) is 1.78. The van der Waals surface area contributed by atoms with E-state index in [2.05, 4.69) is 84.3 Å². The SMILES string of the molecule is CCCCCCCCCCCCC(C#N)(CCCC(CCc1cccc(SC)c1)N=NC)c1cccc(SC)c1. The highest BCUT2D eigenvalue weighted by Crippen LogP contribution is 2.37. The van der Waals surface area contributed by atoms with Gasteiger partial charge in [-0.15, -0.1) is 23.5 Å². The van der Waals surface area contributed by atoms with E-state index in [4.69, 9.17) is 0 Å². The first kappa shape index (κ1) is 34.4. The Hall–Kier alpha value is -1.77. The fraction of sp³-hybridized carbons (Fsp3) is 0.629. The maximum Gasteiger partial charge on any atom is 0.0822 e. The molecule has 0 spiro atoms. The van der Waals surface area contributed by atoms with Crippen LogP contribution in [-0.4, -0.2) is 25.6 Å². The Morgan fingerprint density at radius 3 is 2.00 bits per heavy atom. The fourth-order valence-corrected chi connectivity index (χ4v) is 6.59. The molecule has 2 aromatic rings. The highest BCUT2D eigenvalue weighted by molar-refractivity contribution is 7.98. The molecule has 0 aliphatic heterocycles. The van der Waals surface area contributed by atoms with Crippen LogP contribution in [0.2, 0.25) is 0 Å². The smallest absolute Gasteiger partial charge is 0.0822 e. The van der Waals surface area contributed by atoms with Gasteiger partial charge in [0.2, 0.25) is 0 Å². The van der Waals surface area contributed by atoms with E-state index in [-0.39, 0.29) is 6.04 Å². The molecule has 2 aromatic carbocycles. The third-order valence-corrected chi connectivity index (χ3v) is 9.56. The average molecular weight is 580 g/mol. The number of hydrogen-bond acceptors (Lipinski definition) is 5. The standard InChI is InChI=1S/C35H53N3S2/c1-5-6-7-8-9-10-11-12-13-14-25-35(29-36,31-19-16-22-34(28-31)40-4)26-17-20-32(38-37-2)24-23-30-18-15-21-33(27-30)39-3/h15-16,18-19,21-22,27-28,32H,5-14,17,20,23-26H2,1-4H3. The van der Waals surface area contributed by atoms with E-state index in [1.807, 2.05) is 0 Å². The van der Waals surface area contributed by atoms with Gasteiger partial charge in [0.25, 0.3) is 0 Å². The predicted octanol–water partition coefficient (Wildman–Crippen LogP) is 11.5. The van der Waals surface area contributed by atoms with Crippen molar-refractivity contribution < 1.29 is 0 Å². The number of benzene rings is 2. The molecule has 0 fully saturated rings. The topological polar surface area (TPSA) is 48.5 Å². The van der Waals surface area contributed by atoms with Crippen LogP contribution in [0.5, 0.6) is 0 Å². The van der Waals surface area contributed by atoms with Crippen LogP contribution in [0, 0.1) is 11.3 Å². The van der Waals surface area contributed by atoms with Crippen molar-refractivity contribution in [1.82, 2.24) is 0 Å². The lowest BCUT2D eigenvalue weighted by Gasteiger charge is -2.28. The van der Waals surface area contributed by atoms with Crippen LogP contribution in [0.15, 0.2) is 68.6 Å². The molecular weight excluding hydrogens is 527 g/mol. The minimum atomic E-state index is -0.424. The van der Waals surface area contributed by atoms with Crippen LogP contribution < -0.4 is 0 Å². The lowest BCUT2D eigenvalue weighted by atomic mass is 9.73. The molecule has 220 valence electrons. The zero-order valence-corrected chi connectivity index (χ0v) is 27.3. The molecule has 0 radical (unpaired) electrons. The molecule has 0 saturated heterocycles. The van der Waals surface area contributed by atoms with Crippen molar-refractivity contribution in [3.8, 4) is 6.07 Å². The summed E-state index contributed by atoms with van der Waals surface area (Å²) in [6, 6.07) is 20.6. The first-order valence-electron chi connectivity index (χ1n) is 15.6. The van der Waals surface area contributed by atoms with Gasteiger partial charge in [-0.3, -0.25) is 0 Å². The van der Waals surface area contributed by atoms with Crippen LogP contribution in [0.3, 0.4) is 0 Å². The van der Waals surface area contributed by atoms with Gasteiger partial charge in [-0.2, -0.15) is 15.5 Å². The lowest BCUT2D eigenvalue weighted by Crippen LogP contribution is -2.25. The zero-order valence-electron chi connectivity index (χ0n) is 25.7. The van der Waals surface area contributed by atoms with Crippen molar-refractivity contribution >= 4 is 23.5 Å². The molecule has 2 atom stereocenters. The second-order valence-corrected chi connectivity index (χ2v) is 12.9.